The van der Waals surface area contributed by atoms with E-state index in [0.29, 0.717) is 6.61 Å². The highest BCUT2D eigenvalue weighted by molar-refractivity contribution is 4.56. The number of hydrogen-bond donors (Lipinski definition) is 1. The number of aliphatic hydroxyl groups excluding tert-OH is 1. The number of aliphatic hydroxyl groups is 1. The van der Waals surface area contributed by atoms with Gasteiger partial charge in [0.15, 0.2) is 0 Å². The Morgan fingerprint density at radius 2 is 1.24 bits per heavy atom. The zero-order valence-corrected chi connectivity index (χ0v) is 21.7. The number of quaternary nitrogens is 1. The first-order valence-corrected chi connectivity index (χ1v) is 12.3. The molecule has 1 fully saturated rings. The van der Waals surface area contributed by atoms with Crippen molar-refractivity contribution >= 4 is 0 Å². The second-order valence-corrected chi connectivity index (χ2v) is 9.19. The summed E-state index contributed by atoms with van der Waals surface area (Å²) in [6, 6.07) is 0. The van der Waals surface area contributed by atoms with E-state index in [-0.39, 0.29) is 30.1 Å². The SMILES string of the molecule is CCCCCCCCCCCCCCCCOCC(O)C[N+]1(C)CCOCC1.[I-]. The van der Waals surface area contributed by atoms with Gasteiger partial charge in [0.2, 0.25) is 0 Å². The molecule has 1 atom stereocenters. The van der Waals surface area contributed by atoms with Gasteiger partial charge in [0, 0.05) is 6.61 Å². The van der Waals surface area contributed by atoms with Crippen LogP contribution in [-0.4, -0.2) is 68.8 Å². The Kier molecular flexibility index (Phi) is 20.9. The minimum atomic E-state index is -0.352. The summed E-state index contributed by atoms with van der Waals surface area (Å²) in [5.74, 6) is 0. The van der Waals surface area contributed by atoms with Gasteiger partial charge in [-0.25, -0.2) is 0 Å². The molecule has 0 radical (unpaired) electrons. The maximum absolute atomic E-state index is 10.2. The van der Waals surface area contributed by atoms with Crippen LogP contribution in [0.25, 0.3) is 0 Å². The molecule has 0 amide bonds. The van der Waals surface area contributed by atoms with Crippen LogP contribution in [0.5, 0.6) is 0 Å². The first-order valence-electron chi connectivity index (χ1n) is 12.3. The molecule has 1 N–H and O–H groups in total. The van der Waals surface area contributed by atoms with Crippen LogP contribution in [0.2, 0.25) is 0 Å². The zero-order chi connectivity index (χ0) is 20.3. The summed E-state index contributed by atoms with van der Waals surface area (Å²) < 4.78 is 12.0. The van der Waals surface area contributed by atoms with Crippen molar-refractivity contribution < 1.29 is 43.0 Å². The van der Waals surface area contributed by atoms with Gasteiger partial charge in [-0.3, -0.25) is 0 Å². The number of rotatable bonds is 19. The summed E-state index contributed by atoms with van der Waals surface area (Å²) in [7, 11) is 2.21. The summed E-state index contributed by atoms with van der Waals surface area (Å²) in [6.45, 7) is 7.95. The highest BCUT2D eigenvalue weighted by atomic mass is 127. The molecule has 0 bridgehead atoms. The lowest BCUT2D eigenvalue weighted by molar-refractivity contribution is -0.919. The molecule has 0 aliphatic carbocycles. The van der Waals surface area contributed by atoms with Gasteiger partial charge in [0.1, 0.15) is 25.7 Å². The number of nitrogens with zero attached hydrogens (tertiary/aromatic N) is 1. The van der Waals surface area contributed by atoms with E-state index in [2.05, 4.69) is 14.0 Å². The van der Waals surface area contributed by atoms with E-state index < -0.39 is 0 Å². The first-order chi connectivity index (χ1) is 13.7. The summed E-state index contributed by atoms with van der Waals surface area (Å²) >= 11 is 0. The minimum absolute atomic E-state index is 0. The van der Waals surface area contributed by atoms with Gasteiger partial charge >= 0.3 is 0 Å². The fourth-order valence-electron chi connectivity index (χ4n) is 4.15. The van der Waals surface area contributed by atoms with E-state index in [1.807, 2.05) is 0 Å². The molecular formula is C24H50INO3. The van der Waals surface area contributed by atoms with Crippen molar-refractivity contribution in [1.82, 2.24) is 0 Å². The largest absolute Gasteiger partial charge is 1.00 e. The molecule has 0 saturated carbocycles. The van der Waals surface area contributed by atoms with Crippen molar-refractivity contribution in [2.75, 3.05) is 53.1 Å². The van der Waals surface area contributed by atoms with Crippen molar-refractivity contribution in [2.24, 2.45) is 0 Å². The Balaban J connectivity index is 0.00000784. The monoisotopic (exact) mass is 527 g/mol. The molecule has 29 heavy (non-hydrogen) atoms. The lowest BCUT2D eigenvalue weighted by Crippen LogP contribution is -3.00. The lowest BCUT2D eigenvalue weighted by atomic mass is 10.0. The quantitative estimate of drug-likeness (QED) is 0.159. The van der Waals surface area contributed by atoms with Crippen LogP contribution in [0.4, 0.5) is 0 Å². The third-order valence-corrected chi connectivity index (χ3v) is 6.15. The Bertz CT molecular complexity index is 338. The zero-order valence-electron chi connectivity index (χ0n) is 19.5. The molecule has 176 valence electrons. The highest BCUT2D eigenvalue weighted by Gasteiger charge is 2.28. The van der Waals surface area contributed by atoms with Gasteiger partial charge in [0.25, 0.3) is 0 Å². The third kappa shape index (κ3) is 17.9. The number of ether oxygens (including phenoxy) is 2. The molecule has 1 aliphatic heterocycles. The van der Waals surface area contributed by atoms with Crippen LogP contribution in [0, 0.1) is 0 Å². The summed E-state index contributed by atoms with van der Waals surface area (Å²) in [5, 5.41) is 10.2. The van der Waals surface area contributed by atoms with Crippen molar-refractivity contribution in [3.63, 3.8) is 0 Å². The molecule has 1 unspecified atom stereocenters. The van der Waals surface area contributed by atoms with Crippen LogP contribution in [-0.2, 0) is 9.47 Å². The van der Waals surface area contributed by atoms with Crippen molar-refractivity contribution in [3.05, 3.63) is 0 Å². The normalized spacial score (nSPS) is 17.1. The van der Waals surface area contributed by atoms with Crippen LogP contribution >= 0.6 is 0 Å². The number of likely N-dealkylation sites (N-methyl/N-ethyl adjacent to an activating group) is 1. The molecule has 5 heteroatoms. The molecule has 1 heterocycles. The standard InChI is InChI=1S/C24H50NO3.HI/c1-3-4-5-6-7-8-9-10-11-12-13-14-15-16-19-28-23-24(26)22-25(2)17-20-27-21-18-25;/h24,26H,3-23H2,1-2H3;1H/q+1;/p-1. The fraction of sp³-hybridized carbons (Fsp3) is 1.00. The lowest BCUT2D eigenvalue weighted by Gasteiger charge is -2.38. The number of hydrogen-bond acceptors (Lipinski definition) is 3. The van der Waals surface area contributed by atoms with Gasteiger partial charge < -0.3 is 43.0 Å². The number of morpholine rings is 1. The van der Waals surface area contributed by atoms with E-state index in [0.717, 1.165) is 50.4 Å². The molecule has 1 aliphatic rings. The Morgan fingerprint density at radius 3 is 1.72 bits per heavy atom. The minimum Gasteiger partial charge on any atom is -1.00 e. The first kappa shape index (κ1) is 29.6. The second-order valence-electron chi connectivity index (χ2n) is 9.19. The predicted molar refractivity (Wildman–Crippen MR) is 119 cm³/mol. The fourth-order valence-corrected chi connectivity index (χ4v) is 4.15. The summed E-state index contributed by atoms with van der Waals surface area (Å²) in [5.41, 5.74) is 0. The van der Waals surface area contributed by atoms with Gasteiger partial charge in [-0.2, -0.15) is 0 Å². The van der Waals surface area contributed by atoms with E-state index in [4.69, 9.17) is 9.47 Å². The van der Waals surface area contributed by atoms with E-state index in [1.54, 1.807) is 0 Å². The van der Waals surface area contributed by atoms with E-state index in [1.165, 1.54) is 83.5 Å². The molecular weight excluding hydrogens is 477 g/mol. The van der Waals surface area contributed by atoms with Gasteiger partial charge in [0.05, 0.1) is 26.9 Å². The summed E-state index contributed by atoms with van der Waals surface area (Å²) in [6.07, 6.45) is 19.0. The average molecular weight is 528 g/mol. The Morgan fingerprint density at radius 1 is 0.793 bits per heavy atom. The van der Waals surface area contributed by atoms with E-state index in [9.17, 15) is 5.11 Å². The van der Waals surface area contributed by atoms with Crippen molar-refractivity contribution in [1.29, 1.82) is 0 Å². The molecule has 0 aromatic heterocycles. The average Bonchev–Trinajstić information content (AvgIpc) is 2.68. The van der Waals surface area contributed by atoms with Gasteiger partial charge in [-0.1, -0.05) is 90.4 Å². The topological polar surface area (TPSA) is 38.7 Å². The molecule has 0 aromatic carbocycles. The van der Waals surface area contributed by atoms with Crippen LogP contribution < -0.4 is 24.0 Å². The van der Waals surface area contributed by atoms with Crippen molar-refractivity contribution in [3.8, 4) is 0 Å². The smallest absolute Gasteiger partial charge is 0.126 e. The summed E-state index contributed by atoms with van der Waals surface area (Å²) in [4.78, 5) is 0. The number of halogens is 1. The molecule has 1 saturated heterocycles. The maximum Gasteiger partial charge on any atom is 0.126 e. The molecule has 0 spiro atoms. The number of unbranched alkanes of at least 4 members (excludes halogenated alkanes) is 13. The van der Waals surface area contributed by atoms with Gasteiger partial charge in [-0.05, 0) is 6.42 Å². The van der Waals surface area contributed by atoms with E-state index >= 15 is 0 Å². The molecule has 4 nitrogen and oxygen atoms in total. The van der Waals surface area contributed by atoms with Crippen LogP contribution in [0.3, 0.4) is 0 Å². The molecule has 0 aromatic rings. The highest BCUT2D eigenvalue weighted by Crippen LogP contribution is 2.13. The third-order valence-electron chi connectivity index (χ3n) is 6.15. The second kappa shape index (κ2) is 20.5. The Hall–Kier alpha value is 0.570. The Labute approximate surface area is 198 Å². The van der Waals surface area contributed by atoms with Crippen LogP contribution in [0.1, 0.15) is 96.8 Å². The van der Waals surface area contributed by atoms with Crippen molar-refractivity contribution in [2.45, 2.75) is 103 Å². The maximum atomic E-state index is 10.2. The van der Waals surface area contributed by atoms with Crippen LogP contribution in [0.15, 0.2) is 0 Å². The predicted octanol–water partition coefficient (Wildman–Crippen LogP) is 2.33. The molecule has 1 rings (SSSR count). The van der Waals surface area contributed by atoms with Gasteiger partial charge in [-0.15, -0.1) is 0 Å².